The van der Waals surface area contributed by atoms with Crippen molar-refractivity contribution < 1.29 is 9.18 Å². The predicted octanol–water partition coefficient (Wildman–Crippen LogP) is 2.72. The Hall–Kier alpha value is -1.42. The summed E-state index contributed by atoms with van der Waals surface area (Å²) in [5, 5.41) is 2.86. The van der Waals surface area contributed by atoms with Crippen LogP contribution < -0.4 is 5.32 Å². The third-order valence-corrected chi connectivity index (χ3v) is 3.02. The van der Waals surface area contributed by atoms with Crippen molar-refractivity contribution in [2.45, 2.75) is 27.7 Å². The molecule has 0 radical (unpaired) electrons. The van der Waals surface area contributed by atoms with E-state index < -0.39 is 0 Å². The van der Waals surface area contributed by atoms with Crippen molar-refractivity contribution in [1.29, 1.82) is 0 Å². The van der Waals surface area contributed by atoms with Crippen LogP contribution in [0.15, 0.2) is 12.1 Å². The number of likely N-dealkylation sites (N-methyl/N-ethyl adjacent to an activating group) is 1. The SMILES string of the molecule is CCN(CC)CC(=O)Nc1c(C)cc(F)cc1C. The van der Waals surface area contributed by atoms with Gasteiger partial charge in [-0.25, -0.2) is 4.39 Å². The normalized spacial score (nSPS) is 10.8. The van der Waals surface area contributed by atoms with E-state index in [1.54, 1.807) is 13.8 Å². The number of hydrogen-bond acceptors (Lipinski definition) is 2. The van der Waals surface area contributed by atoms with Gasteiger partial charge in [0, 0.05) is 5.69 Å². The highest BCUT2D eigenvalue weighted by atomic mass is 19.1. The number of rotatable bonds is 5. The zero-order valence-corrected chi connectivity index (χ0v) is 11.5. The minimum absolute atomic E-state index is 0.0588. The molecule has 0 spiro atoms. The average molecular weight is 252 g/mol. The molecule has 0 saturated carbocycles. The standard InChI is InChI=1S/C14H21FN2O/c1-5-17(6-2)9-13(18)16-14-10(3)7-12(15)8-11(14)4/h7-8H,5-6,9H2,1-4H3,(H,16,18). The number of nitrogens with zero attached hydrogens (tertiary/aromatic N) is 1. The highest BCUT2D eigenvalue weighted by Crippen LogP contribution is 2.21. The van der Waals surface area contributed by atoms with Crippen molar-refractivity contribution in [3.63, 3.8) is 0 Å². The number of carbonyl (C=O) groups excluding carboxylic acids is 1. The van der Waals surface area contributed by atoms with Gasteiger partial charge in [0.2, 0.25) is 5.91 Å². The van der Waals surface area contributed by atoms with Crippen LogP contribution in [0.2, 0.25) is 0 Å². The van der Waals surface area contributed by atoms with Crippen LogP contribution in [-0.4, -0.2) is 30.4 Å². The molecule has 0 saturated heterocycles. The van der Waals surface area contributed by atoms with Crippen LogP contribution in [0.5, 0.6) is 0 Å². The molecule has 1 amide bonds. The van der Waals surface area contributed by atoms with Crippen LogP contribution in [0.3, 0.4) is 0 Å². The molecule has 4 heteroatoms. The number of aryl methyl sites for hydroxylation is 2. The maximum Gasteiger partial charge on any atom is 0.238 e. The van der Waals surface area contributed by atoms with Crippen molar-refractivity contribution >= 4 is 11.6 Å². The summed E-state index contributed by atoms with van der Waals surface area (Å²) in [7, 11) is 0. The Bertz CT molecular complexity index is 405. The molecule has 0 bridgehead atoms. The highest BCUT2D eigenvalue weighted by Gasteiger charge is 2.11. The van der Waals surface area contributed by atoms with Gasteiger partial charge < -0.3 is 5.32 Å². The molecule has 0 fully saturated rings. The van der Waals surface area contributed by atoms with Crippen LogP contribution in [0.4, 0.5) is 10.1 Å². The number of nitrogens with one attached hydrogen (secondary N) is 1. The van der Waals surface area contributed by atoms with E-state index in [9.17, 15) is 9.18 Å². The number of halogens is 1. The topological polar surface area (TPSA) is 32.3 Å². The summed E-state index contributed by atoms with van der Waals surface area (Å²) in [6.45, 7) is 9.67. The molecule has 1 rings (SSSR count). The van der Waals surface area contributed by atoms with Gasteiger partial charge in [0.15, 0.2) is 0 Å². The quantitative estimate of drug-likeness (QED) is 0.874. The van der Waals surface area contributed by atoms with E-state index in [-0.39, 0.29) is 11.7 Å². The molecule has 1 aromatic rings. The van der Waals surface area contributed by atoms with Gasteiger partial charge in [0.05, 0.1) is 6.54 Å². The summed E-state index contributed by atoms with van der Waals surface area (Å²) in [6.07, 6.45) is 0. The zero-order valence-electron chi connectivity index (χ0n) is 11.5. The van der Waals surface area contributed by atoms with Crippen molar-refractivity contribution in [1.82, 2.24) is 4.90 Å². The van der Waals surface area contributed by atoms with Crippen molar-refractivity contribution in [3.05, 3.63) is 29.1 Å². The summed E-state index contributed by atoms with van der Waals surface area (Å²) >= 11 is 0. The van der Waals surface area contributed by atoms with Crippen LogP contribution in [0.1, 0.15) is 25.0 Å². The van der Waals surface area contributed by atoms with E-state index in [4.69, 9.17) is 0 Å². The van der Waals surface area contributed by atoms with Gasteiger partial charge in [-0.15, -0.1) is 0 Å². The second-order valence-electron chi connectivity index (χ2n) is 4.42. The summed E-state index contributed by atoms with van der Waals surface area (Å²) < 4.78 is 13.1. The van der Waals surface area contributed by atoms with Crippen LogP contribution >= 0.6 is 0 Å². The van der Waals surface area contributed by atoms with Crippen LogP contribution in [0, 0.1) is 19.7 Å². The van der Waals surface area contributed by atoms with Gasteiger partial charge in [0.25, 0.3) is 0 Å². The van der Waals surface area contributed by atoms with Gasteiger partial charge >= 0.3 is 0 Å². The fourth-order valence-corrected chi connectivity index (χ4v) is 1.94. The molecule has 0 unspecified atom stereocenters. The van der Waals surface area contributed by atoms with Gasteiger partial charge in [-0.05, 0) is 50.2 Å². The van der Waals surface area contributed by atoms with Gasteiger partial charge in [-0.2, -0.15) is 0 Å². The molecule has 0 atom stereocenters. The van der Waals surface area contributed by atoms with E-state index in [2.05, 4.69) is 5.32 Å². The van der Waals surface area contributed by atoms with E-state index in [0.717, 1.165) is 24.2 Å². The molecule has 0 aromatic heterocycles. The van der Waals surface area contributed by atoms with Crippen molar-refractivity contribution in [3.8, 4) is 0 Å². The van der Waals surface area contributed by atoms with Gasteiger partial charge in [0.1, 0.15) is 5.82 Å². The molecule has 18 heavy (non-hydrogen) atoms. The van der Waals surface area contributed by atoms with E-state index >= 15 is 0 Å². The largest absolute Gasteiger partial charge is 0.324 e. The van der Waals surface area contributed by atoms with Crippen LogP contribution in [0.25, 0.3) is 0 Å². The molecular weight excluding hydrogens is 231 g/mol. The molecule has 1 N–H and O–H groups in total. The lowest BCUT2D eigenvalue weighted by atomic mass is 10.1. The first kappa shape index (κ1) is 14.6. The Balaban J connectivity index is 2.76. The first-order chi connectivity index (χ1) is 8.47. The number of benzene rings is 1. The van der Waals surface area contributed by atoms with Gasteiger partial charge in [-0.3, -0.25) is 9.69 Å². The third kappa shape index (κ3) is 3.81. The average Bonchev–Trinajstić information content (AvgIpc) is 2.30. The Morgan fingerprint density at radius 3 is 2.17 bits per heavy atom. The fourth-order valence-electron chi connectivity index (χ4n) is 1.94. The Kier molecular flexibility index (Phi) is 5.28. The summed E-state index contributed by atoms with van der Waals surface area (Å²) in [4.78, 5) is 13.9. The predicted molar refractivity (Wildman–Crippen MR) is 72.3 cm³/mol. The molecule has 1 aromatic carbocycles. The first-order valence-electron chi connectivity index (χ1n) is 6.26. The maximum absolute atomic E-state index is 13.1. The second-order valence-corrected chi connectivity index (χ2v) is 4.42. The summed E-state index contributed by atoms with van der Waals surface area (Å²) in [5.41, 5.74) is 2.22. The molecular formula is C14H21FN2O. The number of carbonyl (C=O) groups is 1. The van der Waals surface area contributed by atoms with E-state index in [1.165, 1.54) is 12.1 Å². The number of anilines is 1. The zero-order chi connectivity index (χ0) is 13.7. The van der Waals surface area contributed by atoms with Crippen molar-refractivity contribution in [2.75, 3.05) is 25.0 Å². The number of amides is 1. The Morgan fingerprint density at radius 2 is 1.72 bits per heavy atom. The first-order valence-corrected chi connectivity index (χ1v) is 6.26. The minimum atomic E-state index is -0.272. The number of hydrogen-bond donors (Lipinski definition) is 1. The maximum atomic E-state index is 13.1. The lowest BCUT2D eigenvalue weighted by Gasteiger charge is -2.18. The van der Waals surface area contributed by atoms with Crippen molar-refractivity contribution in [2.24, 2.45) is 0 Å². The lowest BCUT2D eigenvalue weighted by Crippen LogP contribution is -2.33. The Morgan fingerprint density at radius 1 is 1.22 bits per heavy atom. The second kappa shape index (κ2) is 6.50. The fraction of sp³-hybridized carbons (Fsp3) is 0.500. The summed E-state index contributed by atoms with van der Waals surface area (Å²) in [5.74, 6) is -0.330. The lowest BCUT2D eigenvalue weighted by molar-refractivity contribution is -0.117. The summed E-state index contributed by atoms with van der Waals surface area (Å²) in [6, 6.07) is 2.86. The molecule has 100 valence electrons. The van der Waals surface area contributed by atoms with E-state index in [1.807, 2.05) is 18.7 Å². The molecule has 0 aliphatic heterocycles. The molecule has 3 nitrogen and oxygen atoms in total. The molecule has 0 heterocycles. The van der Waals surface area contributed by atoms with Gasteiger partial charge in [-0.1, -0.05) is 13.8 Å². The van der Waals surface area contributed by atoms with Crippen LogP contribution in [-0.2, 0) is 4.79 Å². The molecule has 0 aliphatic carbocycles. The monoisotopic (exact) mass is 252 g/mol. The third-order valence-electron chi connectivity index (χ3n) is 3.02. The Labute approximate surface area is 108 Å². The van der Waals surface area contributed by atoms with E-state index in [0.29, 0.717) is 12.2 Å². The smallest absolute Gasteiger partial charge is 0.238 e. The minimum Gasteiger partial charge on any atom is -0.324 e. The molecule has 0 aliphatic rings. The highest BCUT2D eigenvalue weighted by molar-refractivity contribution is 5.93.